The third kappa shape index (κ3) is 5.63. The molecule has 1 unspecified atom stereocenters. The molecule has 0 saturated heterocycles. The number of Topliss-reactive ketones (excluding diaryl/α,β-unsaturated/α-hetero) is 1. The Hall–Kier alpha value is -4.27. The topological polar surface area (TPSA) is 84.7 Å². The number of amides is 2. The molecule has 3 aromatic rings. The molecule has 0 aliphatic rings. The van der Waals surface area contributed by atoms with E-state index in [1.807, 2.05) is 13.1 Å². The summed E-state index contributed by atoms with van der Waals surface area (Å²) in [7, 11) is 4.46. The zero-order valence-electron chi connectivity index (χ0n) is 20.2. The van der Waals surface area contributed by atoms with Crippen molar-refractivity contribution in [1.82, 2.24) is 19.4 Å². The number of halogens is 1. The molecule has 8 nitrogen and oxygen atoms in total. The third-order valence-electron chi connectivity index (χ3n) is 5.66. The summed E-state index contributed by atoms with van der Waals surface area (Å²) in [6.45, 7) is 3.62. The Morgan fingerprint density at radius 1 is 1.14 bits per heavy atom. The molecular weight excluding hydrogens is 451 g/mol. The highest BCUT2D eigenvalue weighted by Gasteiger charge is 2.27. The van der Waals surface area contributed by atoms with Crippen LogP contribution >= 0.6 is 0 Å². The first-order valence-electron chi connectivity index (χ1n) is 10.8. The summed E-state index contributed by atoms with van der Waals surface area (Å²) in [6.07, 6.45) is 5.15. The molecule has 1 heterocycles. The third-order valence-corrected chi connectivity index (χ3v) is 5.66. The van der Waals surface area contributed by atoms with Crippen LogP contribution in [0.1, 0.15) is 34.6 Å². The van der Waals surface area contributed by atoms with Gasteiger partial charge >= 0.3 is 0 Å². The Bertz CT molecular complexity index is 1270. The number of likely N-dealkylation sites (N-methyl/N-ethyl adjacent to an activating group) is 1. The fourth-order valence-electron chi connectivity index (χ4n) is 3.52. The van der Waals surface area contributed by atoms with Crippen LogP contribution in [0.2, 0.25) is 0 Å². The molecule has 0 aliphatic carbocycles. The fraction of sp³-hybridized carbons (Fsp3) is 0.231. The minimum Gasteiger partial charge on any atom is -0.495 e. The lowest BCUT2D eigenvalue weighted by Gasteiger charge is -2.26. The maximum absolute atomic E-state index is 13.5. The van der Waals surface area contributed by atoms with E-state index in [9.17, 15) is 18.8 Å². The Kier molecular flexibility index (Phi) is 7.80. The summed E-state index contributed by atoms with van der Waals surface area (Å²) in [4.78, 5) is 44.8. The average molecular weight is 479 g/mol. The number of rotatable bonds is 9. The van der Waals surface area contributed by atoms with Gasteiger partial charge in [0, 0.05) is 32.1 Å². The number of hydrogen-bond donors (Lipinski definition) is 0. The summed E-state index contributed by atoms with van der Waals surface area (Å²) < 4.78 is 20.6. The highest BCUT2D eigenvalue weighted by molar-refractivity contribution is 6.25. The zero-order valence-corrected chi connectivity index (χ0v) is 20.2. The van der Waals surface area contributed by atoms with E-state index in [-0.39, 0.29) is 17.0 Å². The van der Waals surface area contributed by atoms with Crippen LogP contribution in [-0.4, -0.2) is 58.7 Å². The summed E-state index contributed by atoms with van der Waals surface area (Å²) in [5.74, 6) is -1.14. The SMILES string of the molecule is COc1cc(C(=O)/C(=C/N(C)C=O)C(=O)N(C)C(C)c2ccc(F)cc2)ccc1-n1cnc(C)c1. The van der Waals surface area contributed by atoms with E-state index >= 15 is 0 Å². The van der Waals surface area contributed by atoms with Crippen molar-refractivity contribution in [3.05, 3.63) is 89.4 Å². The molecule has 0 spiro atoms. The lowest BCUT2D eigenvalue weighted by Crippen LogP contribution is -2.34. The van der Waals surface area contributed by atoms with Gasteiger partial charge in [-0.2, -0.15) is 0 Å². The average Bonchev–Trinajstić information content (AvgIpc) is 3.31. The standard InChI is InChI=1S/C26H27FN4O4/c1-17-13-31(15-28-17)23-11-8-20(12-24(23)35-5)25(33)22(14-29(3)16-32)26(34)30(4)18(2)19-6-9-21(27)10-7-19/h6-16,18H,1-5H3/b22-14-. The summed E-state index contributed by atoms with van der Waals surface area (Å²) in [5.41, 5.74) is 2.19. The van der Waals surface area contributed by atoms with Gasteiger partial charge < -0.3 is 19.1 Å². The second-order valence-corrected chi connectivity index (χ2v) is 8.10. The molecule has 2 aromatic carbocycles. The predicted octanol–water partition coefficient (Wildman–Crippen LogP) is 3.70. The molecule has 0 fully saturated rings. The van der Waals surface area contributed by atoms with Gasteiger partial charge in [-0.1, -0.05) is 12.1 Å². The van der Waals surface area contributed by atoms with Gasteiger partial charge in [0.05, 0.1) is 30.9 Å². The smallest absolute Gasteiger partial charge is 0.259 e. The number of ketones is 1. The molecule has 0 N–H and O–H groups in total. The molecule has 1 atom stereocenters. The van der Waals surface area contributed by atoms with E-state index in [0.29, 0.717) is 23.4 Å². The van der Waals surface area contributed by atoms with Crippen LogP contribution in [0.3, 0.4) is 0 Å². The Balaban J connectivity index is 1.97. The van der Waals surface area contributed by atoms with Gasteiger partial charge in [0.25, 0.3) is 5.91 Å². The van der Waals surface area contributed by atoms with Crippen molar-refractivity contribution in [1.29, 1.82) is 0 Å². The van der Waals surface area contributed by atoms with E-state index in [4.69, 9.17) is 4.74 Å². The molecule has 182 valence electrons. The van der Waals surface area contributed by atoms with E-state index in [2.05, 4.69) is 4.98 Å². The largest absolute Gasteiger partial charge is 0.495 e. The number of benzene rings is 2. The number of nitrogens with zero attached hydrogens (tertiary/aromatic N) is 4. The van der Waals surface area contributed by atoms with Crippen molar-refractivity contribution < 1.29 is 23.5 Å². The monoisotopic (exact) mass is 478 g/mol. The molecule has 0 radical (unpaired) electrons. The van der Waals surface area contributed by atoms with Gasteiger partial charge in [-0.25, -0.2) is 9.37 Å². The van der Waals surface area contributed by atoms with E-state index in [1.165, 1.54) is 37.4 Å². The molecular formula is C26H27FN4O4. The number of imidazole rings is 1. The lowest BCUT2D eigenvalue weighted by atomic mass is 10.0. The van der Waals surface area contributed by atoms with Crippen LogP contribution in [0, 0.1) is 12.7 Å². The van der Waals surface area contributed by atoms with E-state index in [0.717, 1.165) is 10.6 Å². The maximum Gasteiger partial charge on any atom is 0.259 e. The van der Waals surface area contributed by atoms with Crippen LogP contribution in [0.5, 0.6) is 5.75 Å². The van der Waals surface area contributed by atoms with Gasteiger partial charge in [0.2, 0.25) is 6.41 Å². The normalized spacial score (nSPS) is 12.1. The molecule has 9 heteroatoms. The quantitative estimate of drug-likeness (QED) is 0.154. The lowest BCUT2D eigenvalue weighted by molar-refractivity contribution is -0.127. The summed E-state index contributed by atoms with van der Waals surface area (Å²) in [5, 5.41) is 0. The number of carbonyl (C=O) groups excluding carboxylic acids is 3. The first kappa shape index (κ1) is 25.4. The summed E-state index contributed by atoms with van der Waals surface area (Å²) in [6, 6.07) is 10.1. The van der Waals surface area contributed by atoms with Crippen molar-refractivity contribution >= 4 is 18.1 Å². The fourth-order valence-corrected chi connectivity index (χ4v) is 3.52. The maximum atomic E-state index is 13.5. The van der Waals surface area contributed by atoms with Crippen molar-refractivity contribution in [2.75, 3.05) is 21.2 Å². The molecule has 35 heavy (non-hydrogen) atoms. The molecule has 0 bridgehead atoms. The minimum atomic E-state index is -0.589. The van der Waals surface area contributed by atoms with Crippen molar-refractivity contribution in [2.24, 2.45) is 0 Å². The number of methoxy groups -OCH3 is 1. The minimum absolute atomic E-state index is 0.204. The molecule has 0 aliphatic heterocycles. The van der Waals surface area contributed by atoms with Gasteiger partial charge in [-0.3, -0.25) is 14.4 Å². The van der Waals surface area contributed by atoms with Gasteiger partial charge in [0.15, 0.2) is 5.78 Å². The Morgan fingerprint density at radius 3 is 2.40 bits per heavy atom. The highest BCUT2D eigenvalue weighted by Crippen LogP contribution is 2.27. The zero-order chi connectivity index (χ0) is 25.7. The van der Waals surface area contributed by atoms with Crippen molar-refractivity contribution in [2.45, 2.75) is 19.9 Å². The van der Waals surface area contributed by atoms with Gasteiger partial charge in [0.1, 0.15) is 17.1 Å². The number of hydrogen-bond acceptors (Lipinski definition) is 5. The molecule has 3 rings (SSSR count). The van der Waals surface area contributed by atoms with E-state index < -0.39 is 17.7 Å². The molecule has 1 aromatic heterocycles. The van der Waals surface area contributed by atoms with Gasteiger partial charge in [-0.05, 0) is 49.7 Å². The van der Waals surface area contributed by atoms with Gasteiger partial charge in [-0.15, -0.1) is 0 Å². The summed E-state index contributed by atoms with van der Waals surface area (Å²) >= 11 is 0. The van der Waals surface area contributed by atoms with Crippen LogP contribution in [0.4, 0.5) is 4.39 Å². The van der Waals surface area contributed by atoms with Crippen LogP contribution in [-0.2, 0) is 9.59 Å². The predicted molar refractivity (Wildman–Crippen MR) is 129 cm³/mol. The van der Waals surface area contributed by atoms with Crippen LogP contribution < -0.4 is 4.74 Å². The number of aryl methyl sites for hydroxylation is 1. The number of aromatic nitrogens is 2. The first-order chi connectivity index (χ1) is 16.7. The first-order valence-corrected chi connectivity index (χ1v) is 10.8. The highest BCUT2D eigenvalue weighted by atomic mass is 19.1. The Labute approximate surface area is 203 Å². The van der Waals surface area contributed by atoms with Crippen LogP contribution in [0.15, 0.2) is 66.8 Å². The van der Waals surface area contributed by atoms with E-state index in [1.54, 1.807) is 55.2 Å². The number of ether oxygens (including phenoxy) is 1. The molecule has 2 amide bonds. The van der Waals surface area contributed by atoms with Crippen LogP contribution in [0.25, 0.3) is 5.69 Å². The molecule has 0 saturated carbocycles. The van der Waals surface area contributed by atoms with Crippen molar-refractivity contribution in [3.63, 3.8) is 0 Å². The van der Waals surface area contributed by atoms with Crippen molar-refractivity contribution in [3.8, 4) is 11.4 Å². The number of carbonyl (C=O) groups is 3. The second kappa shape index (κ2) is 10.8. The second-order valence-electron chi connectivity index (χ2n) is 8.10. The Morgan fingerprint density at radius 2 is 1.83 bits per heavy atom.